The van der Waals surface area contributed by atoms with E-state index in [1.807, 2.05) is 0 Å². The maximum atomic E-state index is 14.0. The molecule has 0 bridgehead atoms. The molecule has 0 radical (unpaired) electrons. The van der Waals surface area contributed by atoms with E-state index in [4.69, 9.17) is 16.3 Å². The first-order valence-electron chi connectivity index (χ1n) is 5.31. The Kier molecular flexibility index (Phi) is 3.55. The summed E-state index contributed by atoms with van der Waals surface area (Å²) in [6, 6.07) is 7.47. The molecule has 0 atom stereocenters. The Labute approximate surface area is 121 Å². The Morgan fingerprint density at radius 3 is 2.50 bits per heavy atom. The first-order chi connectivity index (χ1) is 9.49. The molecule has 0 unspecified atom stereocenters. The Bertz CT molecular complexity index is 845. The number of hydrogen-bond acceptors (Lipinski definition) is 4. The molecular weight excluding hydrogens is 327 g/mol. The van der Waals surface area contributed by atoms with Gasteiger partial charge in [-0.25, -0.2) is 4.39 Å². The largest absolute Gasteiger partial charge is 0.384 e. The van der Waals surface area contributed by atoms with Gasteiger partial charge < -0.3 is 10.7 Å². The van der Waals surface area contributed by atoms with Crippen molar-refractivity contribution in [1.29, 1.82) is 10.5 Å². The van der Waals surface area contributed by atoms with Gasteiger partial charge in [0, 0.05) is 15.6 Å². The van der Waals surface area contributed by atoms with Crippen LogP contribution in [0.25, 0.3) is 11.1 Å². The van der Waals surface area contributed by atoms with Crippen molar-refractivity contribution in [2.24, 2.45) is 0 Å². The van der Waals surface area contributed by atoms with Crippen LogP contribution in [0.3, 0.4) is 0 Å². The molecule has 5 nitrogen and oxygen atoms in total. The summed E-state index contributed by atoms with van der Waals surface area (Å²) < 4.78 is 14.5. The number of aromatic nitrogens is 1. The molecule has 0 saturated heterocycles. The van der Waals surface area contributed by atoms with E-state index in [-0.39, 0.29) is 28.1 Å². The van der Waals surface area contributed by atoms with Gasteiger partial charge in [-0.2, -0.15) is 10.5 Å². The van der Waals surface area contributed by atoms with Crippen molar-refractivity contribution < 1.29 is 4.39 Å². The highest BCUT2D eigenvalue weighted by Crippen LogP contribution is 2.31. The Hall–Kier alpha value is -2.64. The summed E-state index contributed by atoms with van der Waals surface area (Å²) in [7, 11) is 0. The summed E-state index contributed by atoms with van der Waals surface area (Å²) in [5, 5.41) is 18.2. The maximum absolute atomic E-state index is 14.0. The second-order valence-electron chi connectivity index (χ2n) is 3.84. The summed E-state index contributed by atoms with van der Waals surface area (Å²) >= 11 is 3.17. The topological polar surface area (TPSA) is 106 Å². The van der Waals surface area contributed by atoms with Gasteiger partial charge in [0.1, 0.15) is 34.9 Å². The summed E-state index contributed by atoms with van der Waals surface area (Å²) in [5.41, 5.74) is 4.16. The molecule has 98 valence electrons. The normalized spacial score (nSPS) is 9.80. The molecule has 1 aromatic carbocycles. The minimum atomic E-state index is -0.765. The van der Waals surface area contributed by atoms with Crippen LogP contribution in [0.5, 0.6) is 0 Å². The van der Waals surface area contributed by atoms with Crippen LogP contribution in [0.1, 0.15) is 11.1 Å². The SMILES string of the molecule is N#Cc1c(N)[nH]c(=O)c(C#N)c1-c1cc(Br)ccc1F. The molecule has 7 heteroatoms. The molecular formula is C13H6BrFN4O. The van der Waals surface area contributed by atoms with Crippen LogP contribution in [0.2, 0.25) is 0 Å². The fourth-order valence-electron chi connectivity index (χ4n) is 1.80. The lowest BCUT2D eigenvalue weighted by molar-refractivity contribution is 0.631. The summed E-state index contributed by atoms with van der Waals surface area (Å²) in [6.07, 6.45) is 0. The molecule has 0 fully saturated rings. The van der Waals surface area contributed by atoms with E-state index in [9.17, 15) is 9.18 Å². The standard InChI is InChI=1S/C13H6BrFN4O/c14-6-1-2-10(15)7(3-6)11-8(4-16)12(18)19-13(20)9(11)5-17/h1-3H,(H3,18,19,20). The minimum Gasteiger partial charge on any atom is -0.384 e. The lowest BCUT2D eigenvalue weighted by Gasteiger charge is -2.10. The molecule has 3 N–H and O–H groups in total. The second kappa shape index (κ2) is 5.16. The highest BCUT2D eigenvalue weighted by Gasteiger charge is 2.20. The van der Waals surface area contributed by atoms with Gasteiger partial charge in [-0.15, -0.1) is 0 Å². The van der Waals surface area contributed by atoms with Crippen LogP contribution in [0.4, 0.5) is 10.2 Å². The van der Waals surface area contributed by atoms with Gasteiger partial charge >= 0.3 is 0 Å². The highest BCUT2D eigenvalue weighted by atomic mass is 79.9. The smallest absolute Gasteiger partial charge is 0.268 e. The monoisotopic (exact) mass is 332 g/mol. The predicted molar refractivity (Wildman–Crippen MR) is 74.0 cm³/mol. The number of nitrogens with two attached hydrogens (primary N) is 1. The van der Waals surface area contributed by atoms with Crippen LogP contribution in [0.15, 0.2) is 27.5 Å². The van der Waals surface area contributed by atoms with Crippen molar-refractivity contribution in [2.45, 2.75) is 0 Å². The lowest BCUT2D eigenvalue weighted by atomic mass is 9.96. The number of nitrogens with one attached hydrogen (secondary N) is 1. The maximum Gasteiger partial charge on any atom is 0.268 e. The molecule has 0 saturated carbocycles. The van der Waals surface area contributed by atoms with Crippen LogP contribution >= 0.6 is 15.9 Å². The first kappa shape index (κ1) is 13.8. The Morgan fingerprint density at radius 1 is 1.25 bits per heavy atom. The zero-order valence-corrected chi connectivity index (χ0v) is 11.5. The molecule has 1 aromatic heterocycles. The zero-order valence-electron chi connectivity index (χ0n) is 9.87. The number of benzene rings is 1. The number of H-pyrrole nitrogens is 1. The van der Waals surface area contributed by atoms with Crippen LogP contribution in [-0.4, -0.2) is 4.98 Å². The van der Waals surface area contributed by atoms with Gasteiger partial charge in [-0.1, -0.05) is 15.9 Å². The molecule has 2 rings (SSSR count). The third-order valence-electron chi connectivity index (χ3n) is 2.67. The number of aromatic amines is 1. The number of hydrogen-bond donors (Lipinski definition) is 2. The van der Waals surface area contributed by atoms with E-state index >= 15 is 0 Å². The van der Waals surface area contributed by atoms with Crippen LogP contribution < -0.4 is 11.3 Å². The minimum absolute atomic E-state index is 0.0368. The molecule has 0 spiro atoms. The van der Waals surface area contributed by atoms with Gasteiger partial charge in [0.15, 0.2) is 0 Å². The summed E-state index contributed by atoms with van der Waals surface area (Å²) in [6.45, 7) is 0. The second-order valence-corrected chi connectivity index (χ2v) is 4.76. The molecule has 0 aliphatic carbocycles. The van der Waals surface area contributed by atoms with E-state index in [1.54, 1.807) is 12.1 Å². The van der Waals surface area contributed by atoms with Crippen molar-refractivity contribution >= 4 is 21.7 Å². The van der Waals surface area contributed by atoms with Crippen molar-refractivity contribution in [3.63, 3.8) is 0 Å². The third-order valence-corrected chi connectivity index (χ3v) is 3.16. The molecule has 0 aliphatic heterocycles. The average Bonchev–Trinajstić information content (AvgIpc) is 2.41. The van der Waals surface area contributed by atoms with E-state index in [0.29, 0.717) is 4.47 Å². The number of rotatable bonds is 1. The average molecular weight is 333 g/mol. The number of nitrogen functional groups attached to an aromatic ring is 1. The molecule has 0 amide bonds. The molecule has 1 heterocycles. The number of halogens is 2. The first-order valence-corrected chi connectivity index (χ1v) is 6.10. The molecule has 20 heavy (non-hydrogen) atoms. The van der Waals surface area contributed by atoms with Gasteiger partial charge in [-0.05, 0) is 18.2 Å². The van der Waals surface area contributed by atoms with Crippen LogP contribution in [-0.2, 0) is 0 Å². The number of nitriles is 2. The highest BCUT2D eigenvalue weighted by molar-refractivity contribution is 9.10. The Balaban J connectivity index is 3.00. The van der Waals surface area contributed by atoms with Gasteiger partial charge in [-0.3, -0.25) is 4.79 Å². The van der Waals surface area contributed by atoms with Gasteiger partial charge in [0.25, 0.3) is 5.56 Å². The van der Waals surface area contributed by atoms with Crippen molar-refractivity contribution in [1.82, 2.24) is 4.98 Å². The van der Waals surface area contributed by atoms with E-state index in [1.165, 1.54) is 18.2 Å². The Morgan fingerprint density at radius 2 is 1.90 bits per heavy atom. The number of nitrogens with zero attached hydrogens (tertiary/aromatic N) is 2. The summed E-state index contributed by atoms with van der Waals surface area (Å²) in [4.78, 5) is 13.9. The van der Waals surface area contributed by atoms with Gasteiger partial charge in [0.2, 0.25) is 0 Å². The van der Waals surface area contributed by atoms with E-state index in [0.717, 1.165) is 0 Å². The fraction of sp³-hybridized carbons (Fsp3) is 0. The molecule has 0 aliphatic rings. The number of pyridine rings is 1. The third kappa shape index (κ3) is 2.15. The van der Waals surface area contributed by atoms with E-state index in [2.05, 4.69) is 20.9 Å². The van der Waals surface area contributed by atoms with Crippen molar-refractivity contribution in [2.75, 3.05) is 5.73 Å². The lowest BCUT2D eigenvalue weighted by Crippen LogP contribution is -2.16. The quantitative estimate of drug-likeness (QED) is 0.835. The summed E-state index contributed by atoms with van der Waals surface area (Å²) in [5.74, 6) is -0.864. The van der Waals surface area contributed by atoms with Crippen molar-refractivity contribution in [3.05, 3.63) is 50.0 Å². The van der Waals surface area contributed by atoms with E-state index < -0.39 is 11.4 Å². The van der Waals surface area contributed by atoms with Crippen LogP contribution in [0, 0.1) is 28.5 Å². The predicted octanol–water partition coefficient (Wildman–Crippen LogP) is 2.27. The molecule has 2 aromatic rings. The zero-order chi connectivity index (χ0) is 14.9. The number of anilines is 1. The fourth-order valence-corrected chi connectivity index (χ4v) is 2.16. The van der Waals surface area contributed by atoms with Gasteiger partial charge in [0.05, 0.1) is 0 Å². The van der Waals surface area contributed by atoms with Crippen molar-refractivity contribution in [3.8, 4) is 23.3 Å².